The topological polar surface area (TPSA) is 84.7 Å². The van der Waals surface area contributed by atoms with Gasteiger partial charge in [-0.2, -0.15) is 0 Å². The Kier molecular flexibility index (Phi) is 6.19. The van der Waals surface area contributed by atoms with E-state index in [9.17, 15) is 14.9 Å². The first-order valence-electron chi connectivity index (χ1n) is 8.55. The van der Waals surface area contributed by atoms with Gasteiger partial charge >= 0.3 is 0 Å². The zero-order valence-electron chi connectivity index (χ0n) is 14.3. The molecule has 0 spiro atoms. The number of nitrogens with one attached hydrogen (secondary N) is 1. The molecule has 8 heteroatoms. The van der Waals surface area contributed by atoms with Gasteiger partial charge in [0, 0.05) is 23.6 Å². The average Bonchev–Trinajstić information content (AvgIpc) is 3.35. The maximum absolute atomic E-state index is 12.1. The van der Waals surface area contributed by atoms with Gasteiger partial charge in [0.15, 0.2) is 6.61 Å². The van der Waals surface area contributed by atoms with Crippen molar-refractivity contribution < 1.29 is 14.5 Å². The highest BCUT2D eigenvalue weighted by molar-refractivity contribution is 7.10. The molecule has 0 bridgehead atoms. The van der Waals surface area contributed by atoms with Crippen LogP contribution in [0.25, 0.3) is 0 Å². The van der Waals surface area contributed by atoms with Crippen molar-refractivity contribution in [2.75, 3.05) is 26.2 Å². The number of amides is 1. The van der Waals surface area contributed by atoms with E-state index >= 15 is 0 Å². The minimum Gasteiger partial charge on any atom is -0.484 e. The van der Waals surface area contributed by atoms with Crippen molar-refractivity contribution in [2.45, 2.75) is 18.9 Å². The minimum absolute atomic E-state index is 0.00814. The molecule has 2 aromatic rings. The van der Waals surface area contributed by atoms with Crippen LogP contribution in [-0.4, -0.2) is 42.0 Å². The van der Waals surface area contributed by atoms with Crippen LogP contribution in [-0.2, 0) is 4.79 Å². The number of carbonyl (C=O) groups excluding carboxylic acids is 1. The fraction of sp³-hybridized carbons (Fsp3) is 0.389. The molecule has 2 heterocycles. The predicted molar refractivity (Wildman–Crippen MR) is 99.5 cm³/mol. The third-order valence-electron chi connectivity index (χ3n) is 4.36. The van der Waals surface area contributed by atoms with Gasteiger partial charge in [-0.1, -0.05) is 6.07 Å². The number of hydrogen-bond donors (Lipinski definition) is 1. The fourth-order valence-electron chi connectivity index (χ4n) is 3.02. The Morgan fingerprint density at radius 1 is 1.27 bits per heavy atom. The Morgan fingerprint density at radius 3 is 2.62 bits per heavy atom. The number of rotatable bonds is 8. The van der Waals surface area contributed by atoms with Crippen LogP contribution >= 0.6 is 11.3 Å². The first kappa shape index (κ1) is 18.3. The third-order valence-corrected chi connectivity index (χ3v) is 5.34. The molecule has 1 unspecified atom stereocenters. The van der Waals surface area contributed by atoms with Gasteiger partial charge in [0.1, 0.15) is 5.75 Å². The smallest absolute Gasteiger partial charge is 0.269 e. The molecule has 7 nitrogen and oxygen atoms in total. The van der Waals surface area contributed by atoms with Gasteiger partial charge in [-0.05, 0) is 49.5 Å². The number of ether oxygens (including phenoxy) is 1. The highest BCUT2D eigenvalue weighted by Crippen LogP contribution is 2.27. The molecule has 1 amide bonds. The van der Waals surface area contributed by atoms with Crippen LogP contribution < -0.4 is 10.1 Å². The van der Waals surface area contributed by atoms with E-state index in [0.29, 0.717) is 12.3 Å². The molecular weight excluding hydrogens is 354 g/mol. The van der Waals surface area contributed by atoms with E-state index < -0.39 is 4.92 Å². The average molecular weight is 375 g/mol. The summed E-state index contributed by atoms with van der Waals surface area (Å²) in [5.74, 6) is 0.226. The Balaban J connectivity index is 1.49. The summed E-state index contributed by atoms with van der Waals surface area (Å²) in [5, 5.41) is 15.6. The number of benzene rings is 1. The number of non-ortho nitro benzene ring substituents is 1. The highest BCUT2D eigenvalue weighted by atomic mass is 32.1. The summed E-state index contributed by atoms with van der Waals surface area (Å²) in [6, 6.07) is 10.0. The lowest BCUT2D eigenvalue weighted by Gasteiger charge is -2.26. The van der Waals surface area contributed by atoms with Crippen molar-refractivity contribution >= 4 is 22.9 Å². The fourth-order valence-corrected chi connectivity index (χ4v) is 3.88. The van der Waals surface area contributed by atoms with E-state index in [1.807, 2.05) is 6.07 Å². The van der Waals surface area contributed by atoms with Crippen LogP contribution in [0.2, 0.25) is 0 Å². The lowest BCUT2D eigenvalue weighted by atomic mass is 10.2. The maximum atomic E-state index is 12.1. The van der Waals surface area contributed by atoms with Crippen LogP contribution in [0, 0.1) is 10.1 Å². The summed E-state index contributed by atoms with van der Waals surface area (Å²) in [5.41, 5.74) is -0.00814. The van der Waals surface area contributed by atoms with E-state index in [0.717, 1.165) is 13.1 Å². The molecule has 1 atom stereocenters. The number of nitro benzene ring substituents is 1. The molecule has 138 valence electrons. The molecular formula is C18H21N3O4S. The van der Waals surface area contributed by atoms with Crippen molar-refractivity contribution in [1.82, 2.24) is 10.2 Å². The van der Waals surface area contributed by atoms with Gasteiger partial charge in [0.25, 0.3) is 11.6 Å². The standard InChI is InChI=1S/C18H21N3O4S/c22-18(13-25-15-7-5-14(6-8-15)21(23)24)19-12-16(17-4-3-11-26-17)20-9-1-2-10-20/h3-8,11,16H,1-2,9-10,12-13H2,(H,19,22). The van der Waals surface area contributed by atoms with E-state index in [2.05, 4.69) is 21.7 Å². The third kappa shape index (κ3) is 4.80. The van der Waals surface area contributed by atoms with Crippen LogP contribution in [0.5, 0.6) is 5.75 Å². The molecule has 1 aromatic heterocycles. The van der Waals surface area contributed by atoms with Crippen molar-refractivity contribution in [2.24, 2.45) is 0 Å². The molecule has 1 aromatic carbocycles. The zero-order valence-corrected chi connectivity index (χ0v) is 15.1. The van der Waals surface area contributed by atoms with Crippen molar-refractivity contribution in [3.05, 3.63) is 56.8 Å². The molecule has 26 heavy (non-hydrogen) atoms. The molecule has 3 rings (SSSR count). The second kappa shape index (κ2) is 8.77. The zero-order chi connectivity index (χ0) is 18.4. The number of nitro groups is 1. The van der Waals surface area contributed by atoms with Gasteiger partial charge in [-0.15, -0.1) is 11.3 Å². The molecule has 1 aliphatic heterocycles. The summed E-state index contributed by atoms with van der Waals surface area (Å²) >= 11 is 1.70. The van der Waals surface area contributed by atoms with Crippen molar-refractivity contribution in [3.63, 3.8) is 0 Å². The summed E-state index contributed by atoms with van der Waals surface area (Å²) < 4.78 is 5.41. The first-order valence-corrected chi connectivity index (χ1v) is 9.43. The van der Waals surface area contributed by atoms with Gasteiger partial charge < -0.3 is 10.1 Å². The van der Waals surface area contributed by atoms with Crippen LogP contribution in [0.1, 0.15) is 23.8 Å². The van der Waals surface area contributed by atoms with E-state index in [1.54, 1.807) is 11.3 Å². The molecule has 0 aliphatic carbocycles. The summed E-state index contributed by atoms with van der Waals surface area (Å²) in [6.45, 7) is 2.54. The summed E-state index contributed by atoms with van der Waals surface area (Å²) in [6.07, 6.45) is 2.39. The Morgan fingerprint density at radius 2 is 2.00 bits per heavy atom. The van der Waals surface area contributed by atoms with Crippen molar-refractivity contribution in [1.29, 1.82) is 0 Å². The molecule has 0 saturated carbocycles. The van der Waals surface area contributed by atoms with Gasteiger partial charge in [0.2, 0.25) is 0 Å². The highest BCUT2D eigenvalue weighted by Gasteiger charge is 2.24. The minimum atomic E-state index is -0.473. The maximum Gasteiger partial charge on any atom is 0.269 e. The van der Waals surface area contributed by atoms with E-state index in [1.165, 1.54) is 42.0 Å². The summed E-state index contributed by atoms with van der Waals surface area (Å²) in [4.78, 5) is 25.9. The second-order valence-corrected chi connectivity index (χ2v) is 7.10. The predicted octanol–water partition coefficient (Wildman–Crippen LogP) is 2.99. The summed E-state index contributed by atoms with van der Waals surface area (Å²) in [7, 11) is 0. The lowest BCUT2D eigenvalue weighted by molar-refractivity contribution is -0.384. The van der Waals surface area contributed by atoms with Crippen LogP contribution in [0.4, 0.5) is 5.69 Å². The van der Waals surface area contributed by atoms with Gasteiger partial charge in [-0.25, -0.2) is 0 Å². The molecule has 1 fully saturated rings. The van der Waals surface area contributed by atoms with Crippen molar-refractivity contribution in [3.8, 4) is 5.75 Å². The quantitative estimate of drug-likeness (QED) is 0.566. The number of hydrogen-bond acceptors (Lipinski definition) is 6. The number of nitrogens with zero attached hydrogens (tertiary/aromatic N) is 2. The van der Waals surface area contributed by atoms with E-state index in [-0.39, 0.29) is 24.2 Å². The van der Waals surface area contributed by atoms with Crippen LogP contribution in [0.3, 0.4) is 0 Å². The SMILES string of the molecule is O=C(COc1ccc([N+](=O)[O-])cc1)NCC(c1cccs1)N1CCCC1. The molecule has 1 N–H and O–H groups in total. The molecule has 1 saturated heterocycles. The Bertz CT molecular complexity index is 727. The lowest BCUT2D eigenvalue weighted by Crippen LogP contribution is -2.38. The number of likely N-dealkylation sites (tertiary alicyclic amines) is 1. The largest absolute Gasteiger partial charge is 0.484 e. The Hall–Kier alpha value is -2.45. The van der Waals surface area contributed by atoms with Crippen LogP contribution in [0.15, 0.2) is 41.8 Å². The number of thiophene rings is 1. The van der Waals surface area contributed by atoms with Gasteiger partial charge in [-0.3, -0.25) is 19.8 Å². The Labute approximate surface area is 155 Å². The van der Waals surface area contributed by atoms with E-state index in [4.69, 9.17) is 4.74 Å². The monoisotopic (exact) mass is 375 g/mol. The first-order chi connectivity index (χ1) is 12.6. The second-order valence-electron chi connectivity index (χ2n) is 6.12. The number of carbonyl (C=O) groups is 1. The van der Waals surface area contributed by atoms with Gasteiger partial charge in [0.05, 0.1) is 11.0 Å². The normalized spacial score (nSPS) is 15.5. The molecule has 1 aliphatic rings. The molecule has 0 radical (unpaired) electrons.